The molecule has 0 N–H and O–H groups in total. The molecule has 0 radical (unpaired) electrons. The van der Waals surface area contributed by atoms with Crippen molar-refractivity contribution >= 4 is 11.6 Å². The van der Waals surface area contributed by atoms with E-state index in [4.69, 9.17) is 21.1 Å². The van der Waals surface area contributed by atoms with Gasteiger partial charge in [0, 0.05) is 10.6 Å². The van der Waals surface area contributed by atoms with Crippen molar-refractivity contribution in [1.82, 2.24) is 0 Å². The minimum Gasteiger partial charge on any atom is -0.493 e. The molecule has 0 saturated carbocycles. The molecular weight excluding hydrogens is 284 g/mol. The molecule has 0 aliphatic heterocycles. The van der Waals surface area contributed by atoms with Gasteiger partial charge in [-0.1, -0.05) is 36.4 Å². The van der Waals surface area contributed by atoms with E-state index >= 15 is 0 Å². The topological polar surface area (TPSA) is 18.5 Å². The molecule has 0 spiro atoms. The van der Waals surface area contributed by atoms with Gasteiger partial charge in [0.15, 0.2) is 11.5 Å². The second-order valence-electron chi connectivity index (χ2n) is 4.44. The van der Waals surface area contributed by atoms with Crippen LogP contribution in [0.15, 0.2) is 42.5 Å². The average molecular weight is 301 g/mol. The van der Waals surface area contributed by atoms with E-state index in [1.54, 1.807) is 7.11 Å². The lowest BCUT2D eigenvalue weighted by atomic mass is 10.1. The molecule has 2 rings (SSSR count). The van der Waals surface area contributed by atoms with Crippen LogP contribution in [0.25, 0.3) is 0 Å². The van der Waals surface area contributed by atoms with Crippen LogP contribution in [0.3, 0.4) is 0 Å². The number of hydrogen-bond acceptors (Lipinski definition) is 2. The Morgan fingerprint density at radius 1 is 1.05 bits per heavy atom. The highest BCUT2D eigenvalue weighted by Gasteiger charge is 2.04. The molecule has 108 valence electrons. The fourth-order valence-electron chi connectivity index (χ4n) is 1.84. The van der Waals surface area contributed by atoms with E-state index in [0.717, 1.165) is 17.7 Å². The zero-order valence-corrected chi connectivity index (χ0v) is 12.9. The quantitative estimate of drug-likeness (QED) is 0.782. The summed E-state index contributed by atoms with van der Waals surface area (Å²) in [6, 6.07) is 13.3. The van der Waals surface area contributed by atoms with Crippen molar-refractivity contribution in [2.24, 2.45) is 0 Å². The third-order valence-electron chi connectivity index (χ3n) is 3.01. The van der Waals surface area contributed by atoms with E-state index in [0.29, 0.717) is 17.4 Å². The molecule has 0 amide bonds. The second kappa shape index (κ2) is 7.61. The predicted molar refractivity (Wildman–Crippen MR) is 86.2 cm³/mol. The minimum absolute atomic E-state index is 0.310. The largest absolute Gasteiger partial charge is 0.493 e. The van der Waals surface area contributed by atoms with Gasteiger partial charge in [0.1, 0.15) is 6.61 Å². The lowest BCUT2D eigenvalue weighted by Gasteiger charge is -2.09. The molecule has 2 aromatic rings. The fraction of sp³-hybridized carbons (Fsp3) is 0.222. The standard InChI is InChI=1S/C18H17ClO2/c1-3-14-8-11-17(18(13-14)20-2)21-12-4-5-15-6-9-16(19)10-7-15/h6-11,13H,3,12H2,1-2H3. The predicted octanol–water partition coefficient (Wildman–Crippen LogP) is 4.34. The summed E-state index contributed by atoms with van der Waals surface area (Å²) in [5, 5.41) is 0.706. The third-order valence-corrected chi connectivity index (χ3v) is 3.27. The monoisotopic (exact) mass is 300 g/mol. The molecule has 0 fully saturated rings. The molecule has 0 saturated heterocycles. The van der Waals surface area contributed by atoms with Gasteiger partial charge in [-0.25, -0.2) is 0 Å². The van der Waals surface area contributed by atoms with Crippen molar-refractivity contribution in [3.63, 3.8) is 0 Å². The highest BCUT2D eigenvalue weighted by Crippen LogP contribution is 2.28. The normalized spacial score (nSPS) is 9.67. The molecular formula is C18H17ClO2. The molecule has 21 heavy (non-hydrogen) atoms. The Hall–Kier alpha value is -2.11. The molecule has 3 heteroatoms. The molecule has 0 atom stereocenters. The van der Waals surface area contributed by atoms with E-state index in [1.807, 2.05) is 42.5 Å². The highest BCUT2D eigenvalue weighted by molar-refractivity contribution is 6.30. The Kier molecular flexibility index (Phi) is 5.54. The van der Waals surface area contributed by atoms with Gasteiger partial charge in [-0.05, 0) is 48.4 Å². The van der Waals surface area contributed by atoms with Gasteiger partial charge in [-0.2, -0.15) is 0 Å². The maximum atomic E-state index is 5.82. The number of halogens is 1. The van der Waals surface area contributed by atoms with Gasteiger partial charge in [-0.3, -0.25) is 0 Å². The number of hydrogen-bond donors (Lipinski definition) is 0. The minimum atomic E-state index is 0.310. The summed E-state index contributed by atoms with van der Waals surface area (Å²) < 4.78 is 11.0. The number of benzene rings is 2. The van der Waals surface area contributed by atoms with Crippen molar-refractivity contribution in [2.45, 2.75) is 13.3 Å². The zero-order valence-electron chi connectivity index (χ0n) is 12.2. The summed E-state index contributed by atoms with van der Waals surface area (Å²) in [5.41, 5.74) is 2.13. The van der Waals surface area contributed by atoms with Crippen LogP contribution in [-0.4, -0.2) is 13.7 Å². The van der Waals surface area contributed by atoms with Gasteiger partial charge < -0.3 is 9.47 Å². The van der Waals surface area contributed by atoms with E-state index in [9.17, 15) is 0 Å². The van der Waals surface area contributed by atoms with Crippen molar-refractivity contribution in [2.75, 3.05) is 13.7 Å². The van der Waals surface area contributed by atoms with Crippen LogP contribution >= 0.6 is 11.6 Å². The molecule has 2 aromatic carbocycles. The van der Waals surface area contributed by atoms with Crippen molar-refractivity contribution in [3.05, 3.63) is 58.6 Å². The Bertz CT molecular complexity index is 651. The van der Waals surface area contributed by atoms with Gasteiger partial charge in [0.2, 0.25) is 0 Å². The van der Waals surface area contributed by atoms with Crippen LogP contribution < -0.4 is 9.47 Å². The van der Waals surface area contributed by atoms with Gasteiger partial charge in [0.25, 0.3) is 0 Å². The molecule has 0 aromatic heterocycles. The number of aryl methyl sites for hydroxylation is 1. The summed E-state index contributed by atoms with van der Waals surface area (Å²) >= 11 is 5.82. The van der Waals surface area contributed by atoms with E-state index in [-0.39, 0.29) is 0 Å². The first-order valence-electron chi connectivity index (χ1n) is 6.77. The summed E-state index contributed by atoms with van der Waals surface area (Å²) in [7, 11) is 1.64. The third kappa shape index (κ3) is 4.44. The van der Waals surface area contributed by atoms with E-state index in [2.05, 4.69) is 18.8 Å². The highest BCUT2D eigenvalue weighted by atomic mass is 35.5. The smallest absolute Gasteiger partial charge is 0.162 e. The van der Waals surface area contributed by atoms with Gasteiger partial charge in [0.05, 0.1) is 7.11 Å². The van der Waals surface area contributed by atoms with Crippen LogP contribution in [0.5, 0.6) is 11.5 Å². The number of rotatable bonds is 4. The van der Waals surface area contributed by atoms with E-state index in [1.165, 1.54) is 5.56 Å². The maximum Gasteiger partial charge on any atom is 0.162 e. The first-order valence-corrected chi connectivity index (χ1v) is 7.15. The molecule has 0 bridgehead atoms. The molecule has 2 nitrogen and oxygen atoms in total. The maximum absolute atomic E-state index is 5.82. The van der Waals surface area contributed by atoms with Crippen LogP contribution in [-0.2, 0) is 6.42 Å². The molecule has 0 unspecified atom stereocenters. The summed E-state index contributed by atoms with van der Waals surface area (Å²) in [6.45, 7) is 2.41. The lowest BCUT2D eigenvalue weighted by Crippen LogP contribution is -1.97. The van der Waals surface area contributed by atoms with Gasteiger partial charge in [-0.15, -0.1) is 0 Å². The SMILES string of the molecule is CCc1ccc(OCC#Cc2ccc(Cl)cc2)c(OC)c1. The zero-order chi connectivity index (χ0) is 15.1. The number of ether oxygens (including phenoxy) is 2. The fourth-order valence-corrected chi connectivity index (χ4v) is 1.96. The van der Waals surface area contributed by atoms with Crippen molar-refractivity contribution in [1.29, 1.82) is 0 Å². The summed E-state index contributed by atoms with van der Waals surface area (Å²) in [4.78, 5) is 0. The van der Waals surface area contributed by atoms with Crippen molar-refractivity contribution < 1.29 is 9.47 Å². The van der Waals surface area contributed by atoms with Crippen LogP contribution in [0.1, 0.15) is 18.1 Å². The van der Waals surface area contributed by atoms with Crippen LogP contribution in [0.2, 0.25) is 5.02 Å². The van der Waals surface area contributed by atoms with E-state index < -0.39 is 0 Å². The molecule has 0 aliphatic carbocycles. The van der Waals surface area contributed by atoms with Crippen LogP contribution in [0, 0.1) is 11.8 Å². The first-order chi connectivity index (χ1) is 10.2. The lowest BCUT2D eigenvalue weighted by molar-refractivity contribution is 0.330. The first kappa shape index (κ1) is 15.3. The second-order valence-corrected chi connectivity index (χ2v) is 4.87. The Balaban J connectivity index is 1.99. The Labute approximate surface area is 130 Å². The average Bonchev–Trinajstić information content (AvgIpc) is 2.53. The summed E-state index contributed by atoms with van der Waals surface area (Å²) in [6.07, 6.45) is 0.965. The Morgan fingerprint density at radius 3 is 2.48 bits per heavy atom. The van der Waals surface area contributed by atoms with Crippen LogP contribution in [0.4, 0.5) is 0 Å². The molecule has 0 aliphatic rings. The number of methoxy groups -OCH3 is 1. The Morgan fingerprint density at radius 2 is 1.81 bits per heavy atom. The van der Waals surface area contributed by atoms with Crippen molar-refractivity contribution in [3.8, 4) is 23.3 Å². The molecule has 0 heterocycles. The summed E-state index contributed by atoms with van der Waals surface area (Å²) in [5.74, 6) is 7.45. The van der Waals surface area contributed by atoms with Gasteiger partial charge >= 0.3 is 0 Å².